The fourth-order valence-electron chi connectivity index (χ4n) is 4.36. The van der Waals surface area contributed by atoms with Crippen LogP contribution in [-0.2, 0) is 16.0 Å². The van der Waals surface area contributed by atoms with Crippen molar-refractivity contribution < 1.29 is 14.0 Å². The lowest BCUT2D eigenvalue weighted by Gasteiger charge is -2.41. The van der Waals surface area contributed by atoms with E-state index in [1.54, 1.807) is 31.2 Å². The summed E-state index contributed by atoms with van der Waals surface area (Å²) >= 11 is 0. The molecule has 0 aliphatic carbocycles. The Morgan fingerprint density at radius 1 is 1.25 bits per heavy atom. The van der Waals surface area contributed by atoms with Gasteiger partial charge in [-0.3, -0.25) is 9.59 Å². The van der Waals surface area contributed by atoms with Crippen LogP contribution in [-0.4, -0.2) is 25.3 Å². The number of nitrogens with two attached hydrogens (primary N) is 1. The molecule has 0 saturated carbocycles. The van der Waals surface area contributed by atoms with Crippen LogP contribution in [0.25, 0.3) is 0 Å². The molecule has 0 aromatic heterocycles. The molecule has 3 N–H and O–H groups in total. The van der Waals surface area contributed by atoms with Gasteiger partial charge in [-0.25, -0.2) is 4.39 Å². The van der Waals surface area contributed by atoms with E-state index in [-0.39, 0.29) is 5.82 Å². The molecule has 6 heteroatoms. The van der Waals surface area contributed by atoms with Gasteiger partial charge in [0.2, 0.25) is 12.2 Å². The smallest absolute Gasteiger partial charge is 0.233 e. The van der Waals surface area contributed by atoms with Crippen LogP contribution in [0.4, 0.5) is 15.8 Å². The van der Waals surface area contributed by atoms with Crippen LogP contribution < -0.4 is 16.0 Å². The largest absolute Gasteiger partial charge is 0.377 e. The van der Waals surface area contributed by atoms with Gasteiger partial charge < -0.3 is 16.0 Å². The number of hydrogen-bond acceptors (Lipinski definition) is 4. The normalized spacial score (nSPS) is 23.8. The summed E-state index contributed by atoms with van der Waals surface area (Å²) < 4.78 is 14.5. The van der Waals surface area contributed by atoms with Gasteiger partial charge in [-0.05, 0) is 73.7 Å². The molecule has 2 aliphatic heterocycles. The molecule has 1 saturated heterocycles. The van der Waals surface area contributed by atoms with Crippen LogP contribution in [0.1, 0.15) is 42.5 Å². The lowest BCUT2D eigenvalue weighted by atomic mass is 9.70. The highest BCUT2D eigenvalue weighted by atomic mass is 19.1. The summed E-state index contributed by atoms with van der Waals surface area (Å²) in [7, 11) is 0. The van der Waals surface area contributed by atoms with E-state index in [0.717, 1.165) is 42.9 Å². The van der Waals surface area contributed by atoms with E-state index in [1.165, 1.54) is 6.07 Å². The molecule has 1 amide bonds. The first kappa shape index (κ1) is 18.5. The fraction of sp³-hybridized carbons (Fsp3) is 0.364. The molecular weight excluding hydrogens is 357 g/mol. The van der Waals surface area contributed by atoms with Crippen molar-refractivity contribution in [1.82, 2.24) is 0 Å². The number of anilines is 2. The second-order valence-corrected chi connectivity index (χ2v) is 7.95. The number of carbonyl (C=O) groups excluding carboxylic acids is 2. The van der Waals surface area contributed by atoms with E-state index in [9.17, 15) is 14.0 Å². The minimum atomic E-state index is -0.968. The second-order valence-electron chi connectivity index (χ2n) is 7.95. The molecule has 28 heavy (non-hydrogen) atoms. The van der Waals surface area contributed by atoms with E-state index < -0.39 is 17.4 Å². The molecule has 4 rings (SSSR count). The number of carbonyl (C=O) groups is 1. The number of nitrogens with zero attached hydrogens (tertiary/aromatic N) is 1. The summed E-state index contributed by atoms with van der Waals surface area (Å²) in [6.45, 7) is 3.59. The van der Waals surface area contributed by atoms with Gasteiger partial charge in [0, 0.05) is 30.0 Å². The summed E-state index contributed by atoms with van der Waals surface area (Å²) in [6.07, 6.45) is 4.42. The number of hydrogen-bond donors (Lipinski definition) is 2. The minimum Gasteiger partial charge on any atom is -0.377 e. The number of primary amides is 1. The summed E-state index contributed by atoms with van der Waals surface area (Å²) in [5, 5.41) is 3.37. The second kappa shape index (κ2) is 6.93. The van der Waals surface area contributed by atoms with E-state index in [1.807, 2.05) is 12.4 Å². The Morgan fingerprint density at radius 2 is 2.00 bits per heavy atom. The van der Waals surface area contributed by atoms with Gasteiger partial charge in [0.1, 0.15) is 5.82 Å². The maximum absolute atomic E-state index is 14.5. The van der Waals surface area contributed by atoms with Gasteiger partial charge in [-0.2, -0.15) is 0 Å². The van der Waals surface area contributed by atoms with Crippen molar-refractivity contribution in [2.75, 3.05) is 23.3 Å². The first-order chi connectivity index (χ1) is 13.4. The summed E-state index contributed by atoms with van der Waals surface area (Å²) in [5.41, 5.74) is 8.42. The fourth-order valence-corrected chi connectivity index (χ4v) is 4.36. The zero-order chi connectivity index (χ0) is 19.9. The third-order valence-corrected chi connectivity index (χ3v) is 5.99. The van der Waals surface area contributed by atoms with Gasteiger partial charge in [-0.15, -0.1) is 0 Å². The van der Waals surface area contributed by atoms with Crippen molar-refractivity contribution in [2.24, 2.45) is 11.1 Å². The predicted octanol–water partition coefficient (Wildman–Crippen LogP) is 3.08. The van der Waals surface area contributed by atoms with Crippen molar-refractivity contribution in [3.05, 3.63) is 58.9 Å². The third-order valence-electron chi connectivity index (χ3n) is 5.99. The highest BCUT2D eigenvalue weighted by molar-refractivity contribution is 5.85. The maximum atomic E-state index is 14.5. The van der Waals surface area contributed by atoms with Crippen molar-refractivity contribution >= 4 is 23.6 Å². The van der Waals surface area contributed by atoms with Gasteiger partial charge in [0.25, 0.3) is 0 Å². The van der Waals surface area contributed by atoms with E-state index >= 15 is 0 Å². The monoisotopic (exact) mass is 380 g/mol. The number of benzene rings is 2. The molecule has 145 valence electrons. The molecule has 2 aliphatic rings. The molecule has 1 fully saturated rings. The van der Waals surface area contributed by atoms with Crippen LogP contribution in [0.2, 0.25) is 0 Å². The van der Waals surface area contributed by atoms with Crippen LogP contribution in [0.15, 0.2) is 36.4 Å². The summed E-state index contributed by atoms with van der Waals surface area (Å²) in [6, 6.07) is 9.67. The molecule has 0 spiro atoms. The van der Waals surface area contributed by atoms with Crippen molar-refractivity contribution in [3.63, 3.8) is 0 Å². The Labute approximate surface area is 163 Å². The van der Waals surface area contributed by atoms with E-state index in [0.29, 0.717) is 17.5 Å². The molecule has 2 aromatic rings. The summed E-state index contributed by atoms with van der Waals surface area (Å²) in [4.78, 5) is 25.6. The maximum Gasteiger partial charge on any atom is 0.233 e. The molecule has 2 atom stereocenters. The van der Waals surface area contributed by atoms with E-state index in [2.05, 4.69) is 10.2 Å². The average Bonchev–Trinajstić information content (AvgIpc) is 3.21. The van der Waals surface area contributed by atoms with Gasteiger partial charge >= 0.3 is 0 Å². The van der Waals surface area contributed by atoms with Crippen LogP contribution in [0.3, 0.4) is 0 Å². The minimum absolute atomic E-state index is 0.329. The van der Waals surface area contributed by atoms with Crippen LogP contribution in [0, 0.1) is 11.2 Å². The number of halogens is 1. The number of fused-ring (bicyclic) bond motifs is 1. The highest BCUT2D eigenvalue weighted by Gasteiger charge is 2.44. The molecule has 2 heterocycles. The predicted molar refractivity (Wildman–Crippen MR) is 106 cm³/mol. The van der Waals surface area contributed by atoms with Gasteiger partial charge in [0.15, 0.2) is 0 Å². The molecule has 5 nitrogen and oxygen atoms in total. The molecular formula is C22H23FN3O2. The molecule has 2 aromatic carbocycles. The first-order valence-corrected chi connectivity index (χ1v) is 9.54. The molecule has 0 bridgehead atoms. The zero-order valence-corrected chi connectivity index (χ0v) is 15.8. The Bertz CT molecular complexity index is 939. The van der Waals surface area contributed by atoms with Crippen LogP contribution in [0.5, 0.6) is 0 Å². The zero-order valence-electron chi connectivity index (χ0n) is 15.8. The Morgan fingerprint density at radius 3 is 2.68 bits per heavy atom. The first-order valence-electron chi connectivity index (χ1n) is 9.54. The lowest BCUT2D eigenvalue weighted by Crippen LogP contribution is -2.47. The van der Waals surface area contributed by atoms with Crippen LogP contribution >= 0.6 is 0 Å². The Hall–Kier alpha value is -2.89. The SMILES string of the molecule is CC1(C(N)=O)Cc2cc([C]=O)ccc2NC1c1cc(F)cc(N2CCCC2)c1. The van der Waals surface area contributed by atoms with Crippen molar-refractivity contribution in [2.45, 2.75) is 32.2 Å². The van der Waals surface area contributed by atoms with Gasteiger partial charge in [-0.1, -0.05) is 0 Å². The number of rotatable bonds is 4. The Balaban J connectivity index is 1.78. The standard InChI is InChI=1S/C22H23FN3O2/c1-22(21(24)28)12-16-8-14(13-27)4-5-19(16)25-20(22)15-9-17(23)11-18(10-15)26-6-2-3-7-26/h4-5,8-11,20,25H,2-3,6-7,12H2,1H3,(H2,24,28). The third kappa shape index (κ3) is 3.13. The lowest BCUT2D eigenvalue weighted by molar-refractivity contribution is -0.127. The topological polar surface area (TPSA) is 75.4 Å². The molecule has 2 unspecified atom stereocenters. The highest BCUT2D eigenvalue weighted by Crippen LogP contribution is 2.46. The quantitative estimate of drug-likeness (QED) is 0.855. The average molecular weight is 380 g/mol. The van der Waals surface area contributed by atoms with E-state index in [4.69, 9.17) is 5.73 Å². The number of nitrogens with one attached hydrogen (secondary N) is 1. The van der Waals surface area contributed by atoms with Crippen molar-refractivity contribution in [3.8, 4) is 0 Å². The van der Waals surface area contributed by atoms with Crippen molar-refractivity contribution in [1.29, 1.82) is 0 Å². The Kier molecular flexibility index (Phi) is 4.57. The summed E-state index contributed by atoms with van der Waals surface area (Å²) in [5.74, 6) is -0.798. The molecule has 1 radical (unpaired) electrons. The number of amides is 1. The van der Waals surface area contributed by atoms with Gasteiger partial charge in [0.05, 0.1) is 11.5 Å².